The van der Waals surface area contributed by atoms with Crippen molar-refractivity contribution in [3.05, 3.63) is 59.7 Å². The molecule has 8 heteroatoms. The first-order chi connectivity index (χ1) is 15.9. The van der Waals surface area contributed by atoms with Gasteiger partial charge in [0.05, 0.1) is 10.5 Å². The molecular weight excluding hydrogens is 436 g/mol. The van der Waals surface area contributed by atoms with Crippen LogP contribution in [0.25, 0.3) is 0 Å². The van der Waals surface area contributed by atoms with Crippen molar-refractivity contribution >= 4 is 21.6 Å². The van der Waals surface area contributed by atoms with Gasteiger partial charge < -0.3 is 9.80 Å². The summed E-state index contributed by atoms with van der Waals surface area (Å²) < 4.78 is 27.5. The lowest BCUT2D eigenvalue weighted by Gasteiger charge is -2.33. The Morgan fingerprint density at radius 2 is 1.67 bits per heavy atom. The maximum atomic E-state index is 13.2. The van der Waals surface area contributed by atoms with Crippen LogP contribution in [0.4, 0.5) is 5.69 Å². The molecule has 2 aliphatic heterocycles. The van der Waals surface area contributed by atoms with Crippen LogP contribution in [-0.2, 0) is 21.4 Å². The van der Waals surface area contributed by atoms with Crippen LogP contribution < -0.4 is 4.90 Å². The van der Waals surface area contributed by atoms with Crippen molar-refractivity contribution in [1.29, 1.82) is 5.26 Å². The Kier molecular flexibility index (Phi) is 7.01. The third-order valence-electron chi connectivity index (χ3n) is 6.65. The summed E-state index contributed by atoms with van der Waals surface area (Å²) in [7, 11) is -1.93. The van der Waals surface area contributed by atoms with Gasteiger partial charge in [0.1, 0.15) is 6.07 Å². The van der Waals surface area contributed by atoms with E-state index in [0.717, 1.165) is 18.7 Å². The molecule has 0 atom stereocenters. The van der Waals surface area contributed by atoms with E-state index in [9.17, 15) is 18.5 Å². The van der Waals surface area contributed by atoms with E-state index in [2.05, 4.69) is 17.0 Å². The lowest BCUT2D eigenvalue weighted by atomic mass is 9.96. The Bertz CT molecular complexity index is 1140. The van der Waals surface area contributed by atoms with Crippen molar-refractivity contribution in [2.24, 2.45) is 5.92 Å². The molecule has 4 rings (SSSR count). The van der Waals surface area contributed by atoms with Crippen molar-refractivity contribution in [2.45, 2.75) is 37.1 Å². The quantitative estimate of drug-likeness (QED) is 0.653. The van der Waals surface area contributed by atoms with Gasteiger partial charge in [-0.2, -0.15) is 9.57 Å². The minimum Gasteiger partial charge on any atom is -0.371 e. The molecule has 7 nitrogen and oxygen atoms in total. The van der Waals surface area contributed by atoms with Gasteiger partial charge in [-0.15, -0.1) is 0 Å². The third kappa shape index (κ3) is 4.90. The van der Waals surface area contributed by atoms with Gasteiger partial charge in [-0.3, -0.25) is 4.79 Å². The van der Waals surface area contributed by atoms with E-state index in [1.54, 1.807) is 17.0 Å². The van der Waals surface area contributed by atoms with Crippen molar-refractivity contribution in [2.75, 3.05) is 38.1 Å². The fourth-order valence-corrected chi connectivity index (χ4v) is 6.43. The molecule has 0 bridgehead atoms. The first-order valence-electron chi connectivity index (χ1n) is 11.5. The zero-order chi connectivity index (χ0) is 23.4. The molecule has 2 aromatic carbocycles. The molecule has 1 amide bonds. The van der Waals surface area contributed by atoms with E-state index >= 15 is 0 Å². The Balaban J connectivity index is 1.39. The van der Waals surface area contributed by atoms with E-state index in [4.69, 9.17) is 0 Å². The van der Waals surface area contributed by atoms with E-state index in [1.807, 2.05) is 25.2 Å². The van der Waals surface area contributed by atoms with E-state index < -0.39 is 10.0 Å². The standard InChI is InChI=1S/C25H30N4O3S/c1-27(19-22-9-2-4-10-23(22)28-14-6-7-15-28)25(30)20-12-16-29(17-13-20)33(31,32)24-11-5-3-8-21(24)18-26/h2-5,8-11,20H,6-7,12-17,19H2,1H3. The molecule has 0 spiro atoms. The Labute approximate surface area is 196 Å². The van der Waals surface area contributed by atoms with Gasteiger partial charge in [0.15, 0.2) is 0 Å². The highest BCUT2D eigenvalue weighted by molar-refractivity contribution is 7.89. The normalized spacial score (nSPS) is 17.6. The van der Waals surface area contributed by atoms with Crippen LogP contribution in [0.3, 0.4) is 0 Å². The summed E-state index contributed by atoms with van der Waals surface area (Å²) in [4.78, 5) is 17.4. The number of carbonyl (C=O) groups excluding carboxylic acids is 1. The maximum Gasteiger partial charge on any atom is 0.244 e. The number of sulfonamides is 1. The van der Waals surface area contributed by atoms with Crippen molar-refractivity contribution in [1.82, 2.24) is 9.21 Å². The highest BCUT2D eigenvalue weighted by atomic mass is 32.2. The SMILES string of the molecule is CN(Cc1ccccc1N1CCCC1)C(=O)C1CCN(S(=O)(=O)c2ccccc2C#N)CC1. The molecule has 0 unspecified atom stereocenters. The van der Waals surface area contributed by atoms with Gasteiger partial charge >= 0.3 is 0 Å². The monoisotopic (exact) mass is 466 g/mol. The molecule has 2 heterocycles. The second-order valence-corrected chi connectivity index (χ2v) is 10.7. The summed E-state index contributed by atoms with van der Waals surface area (Å²) in [6, 6.07) is 16.5. The summed E-state index contributed by atoms with van der Waals surface area (Å²) in [5.74, 6) is -0.146. The number of hydrogen-bond donors (Lipinski definition) is 0. The molecule has 33 heavy (non-hydrogen) atoms. The fourth-order valence-electron chi connectivity index (χ4n) is 4.82. The number of piperidine rings is 1. The second kappa shape index (κ2) is 9.94. The lowest BCUT2D eigenvalue weighted by Crippen LogP contribution is -2.43. The highest BCUT2D eigenvalue weighted by Crippen LogP contribution is 2.29. The first kappa shape index (κ1) is 23.3. The topological polar surface area (TPSA) is 84.7 Å². The van der Waals surface area contributed by atoms with Crippen LogP contribution in [0, 0.1) is 17.2 Å². The highest BCUT2D eigenvalue weighted by Gasteiger charge is 2.34. The molecule has 2 saturated heterocycles. The number of rotatable bonds is 6. The van der Waals surface area contributed by atoms with Crippen molar-refractivity contribution < 1.29 is 13.2 Å². The second-order valence-electron chi connectivity index (χ2n) is 8.80. The largest absolute Gasteiger partial charge is 0.371 e. The molecule has 174 valence electrons. The molecule has 2 aliphatic rings. The number of hydrogen-bond acceptors (Lipinski definition) is 5. The number of para-hydroxylation sites is 1. The molecule has 0 aromatic heterocycles. The summed E-state index contributed by atoms with van der Waals surface area (Å²) in [5, 5.41) is 9.28. The van der Waals surface area contributed by atoms with Crippen molar-refractivity contribution in [3.8, 4) is 6.07 Å². The van der Waals surface area contributed by atoms with E-state index in [0.29, 0.717) is 19.4 Å². The smallest absolute Gasteiger partial charge is 0.244 e. The van der Waals surface area contributed by atoms with Crippen LogP contribution >= 0.6 is 0 Å². The number of anilines is 1. The molecule has 2 aromatic rings. The Hall–Kier alpha value is -2.89. The number of nitriles is 1. The van der Waals surface area contributed by atoms with Gasteiger partial charge in [0.25, 0.3) is 0 Å². The van der Waals surface area contributed by atoms with E-state index in [-0.39, 0.29) is 35.4 Å². The molecule has 0 radical (unpaired) electrons. The fraction of sp³-hybridized carbons (Fsp3) is 0.440. The molecule has 0 saturated carbocycles. The zero-order valence-corrected chi connectivity index (χ0v) is 19.8. The minimum atomic E-state index is -3.76. The number of nitrogens with zero attached hydrogens (tertiary/aromatic N) is 4. The van der Waals surface area contributed by atoms with Crippen LogP contribution in [0.15, 0.2) is 53.4 Å². The predicted molar refractivity (Wildman–Crippen MR) is 127 cm³/mol. The molecular formula is C25H30N4O3S. The number of carbonyl (C=O) groups is 1. The summed E-state index contributed by atoms with van der Waals surface area (Å²) >= 11 is 0. The van der Waals surface area contributed by atoms with Gasteiger partial charge in [0, 0.05) is 51.4 Å². The third-order valence-corrected chi connectivity index (χ3v) is 8.61. The van der Waals surface area contributed by atoms with Crippen LogP contribution in [-0.4, -0.2) is 56.8 Å². The summed E-state index contributed by atoms with van der Waals surface area (Å²) in [5.41, 5.74) is 2.49. The maximum absolute atomic E-state index is 13.2. The van der Waals surface area contributed by atoms with Gasteiger partial charge in [-0.25, -0.2) is 8.42 Å². The number of amides is 1. The zero-order valence-electron chi connectivity index (χ0n) is 19.0. The Morgan fingerprint density at radius 3 is 2.36 bits per heavy atom. The van der Waals surface area contributed by atoms with Gasteiger partial charge in [-0.05, 0) is 49.4 Å². The van der Waals surface area contributed by atoms with E-state index in [1.165, 1.54) is 35.0 Å². The van der Waals surface area contributed by atoms with Gasteiger partial charge in [-0.1, -0.05) is 30.3 Å². The van der Waals surface area contributed by atoms with Crippen LogP contribution in [0.5, 0.6) is 0 Å². The Morgan fingerprint density at radius 1 is 1.03 bits per heavy atom. The average molecular weight is 467 g/mol. The van der Waals surface area contributed by atoms with Crippen LogP contribution in [0.1, 0.15) is 36.8 Å². The van der Waals surface area contributed by atoms with Crippen molar-refractivity contribution in [3.63, 3.8) is 0 Å². The summed E-state index contributed by atoms with van der Waals surface area (Å²) in [6.45, 7) is 3.19. The minimum absolute atomic E-state index is 0.0351. The first-order valence-corrected chi connectivity index (χ1v) is 12.9. The summed E-state index contributed by atoms with van der Waals surface area (Å²) in [6.07, 6.45) is 3.35. The lowest BCUT2D eigenvalue weighted by molar-refractivity contribution is -0.135. The molecule has 0 N–H and O–H groups in total. The molecule has 2 fully saturated rings. The number of benzene rings is 2. The predicted octanol–water partition coefficient (Wildman–Crippen LogP) is 3.22. The van der Waals surface area contributed by atoms with Crippen LogP contribution in [0.2, 0.25) is 0 Å². The average Bonchev–Trinajstić information content (AvgIpc) is 3.39. The molecule has 0 aliphatic carbocycles. The van der Waals surface area contributed by atoms with Gasteiger partial charge in [0.2, 0.25) is 15.9 Å².